The highest BCUT2D eigenvalue weighted by Gasteiger charge is 2.61. The lowest BCUT2D eigenvalue weighted by atomic mass is 9.57. The van der Waals surface area contributed by atoms with Crippen LogP contribution in [-0.4, -0.2) is 12.2 Å². The third kappa shape index (κ3) is 1.61. The van der Waals surface area contributed by atoms with Crippen molar-refractivity contribution in [2.45, 2.75) is 65.9 Å². The van der Waals surface area contributed by atoms with Crippen LogP contribution in [0.1, 0.15) is 60.3 Å². The van der Waals surface area contributed by atoms with Gasteiger partial charge < -0.3 is 4.74 Å². The van der Waals surface area contributed by atoms with Crippen LogP contribution >= 0.6 is 0 Å². The Hall–Kier alpha value is -0.0400. The fraction of sp³-hybridized carbons (Fsp3) is 1.00. The van der Waals surface area contributed by atoms with E-state index in [2.05, 4.69) is 34.6 Å². The smallest absolute Gasteiger partial charge is 0.0632 e. The summed E-state index contributed by atoms with van der Waals surface area (Å²) < 4.78 is 6.07. The Balaban J connectivity index is 1.90. The summed E-state index contributed by atoms with van der Waals surface area (Å²) in [6.07, 6.45) is 5.70. The molecule has 17 heavy (non-hydrogen) atoms. The van der Waals surface area contributed by atoms with Crippen molar-refractivity contribution in [2.24, 2.45) is 28.6 Å². The molecule has 2 aliphatic carbocycles. The maximum absolute atomic E-state index is 6.07. The molecule has 3 aliphatic rings. The molecule has 1 heteroatoms. The molecule has 0 aromatic carbocycles. The SMILES string of the molecule is CC1(C)CC(C)(C2C3CCC(C3)C2(C)C)CO1. The highest BCUT2D eigenvalue weighted by molar-refractivity contribution is 5.09. The second-order valence-electron chi connectivity index (χ2n) is 8.45. The Bertz CT molecular complexity index is 330. The molecule has 0 aromatic rings. The van der Waals surface area contributed by atoms with Gasteiger partial charge in [-0.15, -0.1) is 0 Å². The Kier molecular flexibility index (Phi) is 2.32. The normalized spacial score (nSPS) is 51.0. The van der Waals surface area contributed by atoms with Gasteiger partial charge in [0, 0.05) is 0 Å². The zero-order chi connectivity index (χ0) is 12.5. The van der Waals surface area contributed by atoms with E-state index in [1.165, 1.54) is 25.7 Å². The molecule has 4 unspecified atom stereocenters. The summed E-state index contributed by atoms with van der Waals surface area (Å²) in [6, 6.07) is 0. The van der Waals surface area contributed by atoms with Crippen molar-refractivity contribution < 1.29 is 4.74 Å². The van der Waals surface area contributed by atoms with E-state index in [0.29, 0.717) is 10.8 Å². The highest BCUT2D eigenvalue weighted by atomic mass is 16.5. The van der Waals surface area contributed by atoms with Gasteiger partial charge in [-0.2, -0.15) is 0 Å². The Morgan fingerprint density at radius 1 is 1.00 bits per heavy atom. The summed E-state index contributed by atoms with van der Waals surface area (Å²) in [5.74, 6) is 2.85. The molecular formula is C16H28O. The maximum atomic E-state index is 6.07. The Morgan fingerprint density at radius 3 is 2.18 bits per heavy atom. The van der Waals surface area contributed by atoms with E-state index in [-0.39, 0.29) is 5.60 Å². The third-order valence-corrected chi connectivity index (χ3v) is 6.17. The maximum Gasteiger partial charge on any atom is 0.0632 e. The van der Waals surface area contributed by atoms with Gasteiger partial charge in [0.05, 0.1) is 12.2 Å². The fourth-order valence-corrected chi connectivity index (χ4v) is 5.96. The van der Waals surface area contributed by atoms with Crippen LogP contribution in [0.3, 0.4) is 0 Å². The molecule has 0 N–H and O–H groups in total. The van der Waals surface area contributed by atoms with Crippen molar-refractivity contribution in [2.75, 3.05) is 6.61 Å². The van der Waals surface area contributed by atoms with E-state index < -0.39 is 0 Å². The number of rotatable bonds is 1. The van der Waals surface area contributed by atoms with Gasteiger partial charge in [0.15, 0.2) is 0 Å². The quantitative estimate of drug-likeness (QED) is 0.661. The molecule has 0 aromatic heterocycles. The Labute approximate surface area is 106 Å². The molecule has 0 amide bonds. The van der Waals surface area contributed by atoms with Gasteiger partial charge >= 0.3 is 0 Å². The van der Waals surface area contributed by atoms with Crippen LogP contribution in [0.5, 0.6) is 0 Å². The molecule has 1 saturated heterocycles. The first-order valence-electron chi connectivity index (χ1n) is 7.39. The van der Waals surface area contributed by atoms with Crippen LogP contribution in [-0.2, 0) is 4.74 Å². The highest BCUT2D eigenvalue weighted by Crippen LogP contribution is 2.66. The third-order valence-electron chi connectivity index (χ3n) is 6.17. The second-order valence-corrected chi connectivity index (χ2v) is 8.45. The molecule has 98 valence electrons. The number of hydrogen-bond donors (Lipinski definition) is 0. The van der Waals surface area contributed by atoms with Gasteiger partial charge in [0.1, 0.15) is 0 Å². The van der Waals surface area contributed by atoms with Crippen molar-refractivity contribution in [3.05, 3.63) is 0 Å². The minimum absolute atomic E-state index is 0.104. The van der Waals surface area contributed by atoms with Gasteiger partial charge in [0.25, 0.3) is 0 Å². The molecule has 1 heterocycles. The molecule has 0 spiro atoms. The van der Waals surface area contributed by atoms with Crippen LogP contribution < -0.4 is 0 Å². The van der Waals surface area contributed by atoms with E-state index in [0.717, 1.165) is 24.4 Å². The summed E-state index contributed by atoms with van der Waals surface area (Å²) in [5, 5.41) is 0. The van der Waals surface area contributed by atoms with E-state index in [4.69, 9.17) is 4.74 Å². The van der Waals surface area contributed by atoms with E-state index in [1.54, 1.807) is 0 Å². The molecule has 0 radical (unpaired) electrons. The number of hydrogen-bond acceptors (Lipinski definition) is 1. The molecular weight excluding hydrogens is 208 g/mol. The molecule has 2 bridgehead atoms. The topological polar surface area (TPSA) is 9.23 Å². The largest absolute Gasteiger partial charge is 0.375 e. The number of ether oxygens (including phenoxy) is 1. The standard InChI is InChI=1S/C16H28O/c1-14(2)9-16(5,10-17-14)13-11-6-7-12(8-11)15(13,3)4/h11-13H,6-10H2,1-5H3. The van der Waals surface area contributed by atoms with Gasteiger partial charge in [-0.3, -0.25) is 0 Å². The van der Waals surface area contributed by atoms with E-state index in [9.17, 15) is 0 Å². The first-order valence-corrected chi connectivity index (χ1v) is 7.39. The lowest BCUT2D eigenvalue weighted by molar-refractivity contribution is -0.00662. The van der Waals surface area contributed by atoms with Crippen LogP contribution in [0.4, 0.5) is 0 Å². The molecule has 1 aliphatic heterocycles. The minimum atomic E-state index is 0.104. The Morgan fingerprint density at radius 2 is 1.71 bits per heavy atom. The van der Waals surface area contributed by atoms with Crippen LogP contribution in [0.15, 0.2) is 0 Å². The van der Waals surface area contributed by atoms with E-state index >= 15 is 0 Å². The minimum Gasteiger partial charge on any atom is -0.375 e. The van der Waals surface area contributed by atoms with Crippen molar-refractivity contribution in [1.82, 2.24) is 0 Å². The predicted molar refractivity (Wildman–Crippen MR) is 70.9 cm³/mol. The molecule has 1 nitrogen and oxygen atoms in total. The molecule has 3 rings (SSSR count). The average molecular weight is 236 g/mol. The first kappa shape index (κ1) is 12.0. The van der Waals surface area contributed by atoms with Crippen molar-refractivity contribution >= 4 is 0 Å². The molecule has 2 saturated carbocycles. The van der Waals surface area contributed by atoms with Gasteiger partial charge in [-0.1, -0.05) is 20.8 Å². The summed E-state index contributed by atoms with van der Waals surface area (Å²) in [6.45, 7) is 13.1. The van der Waals surface area contributed by atoms with Gasteiger partial charge in [0.2, 0.25) is 0 Å². The first-order chi connectivity index (χ1) is 7.75. The fourth-order valence-electron chi connectivity index (χ4n) is 5.96. The van der Waals surface area contributed by atoms with Crippen LogP contribution in [0, 0.1) is 28.6 Å². The zero-order valence-corrected chi connectivity index (χ0v) is 12.2. The summed E-state index contributed by atoms with van der Waals surface area (Å²) in [4.78, 5) is 0. The summed E-state index contributed by atoms with van der Waals surface area (Å²) in [5.41, 5.74) is 1.07. The summed E-state index contributed by atoms with van der Waals surface area (Å²) in [7, 11) is 0. The second kappa shape index (κ2) is 3.29. The molecule has 3 fully saturated rings. The average Bonchev–Trinajstić information content (AvgIpc) is 2.77. The predicted octanol–water partition coefficient (Wildman–Crippen LogP) is 4.26. The zero-order valence-electron chi connectivity index (χ0n) is 12.2. The van der Waals surface area contributed by atoms with Crippen molar-refractivity contribution in [1.29, 1.82) is 0 Å². The summed E-state index contributed by atoms with van der Waals surface area (Å²) >= 11 is 0. The van der Waals surface area contributed by atoms with Crippen molar-refractivity contribution in [3.63, 3.8) is 0 Å². The van der Waals surface area contributed by atoms with Gasteiger partial charge in [-0.25, -0.2) is 0 Å². The van der Waals surface area contributed by atoms with E-state index in [1.807, 2.05) is 0 Å². The lowest BCUT2D eigenvalue weighted by Crippen LogP contribution is -2.43. The molecule has 4 atom stereocenters. The monoisotopic (exact) mass is 236 g/mol. The number of fused-ring (bicyclic) bond motifs is 2. The van der Waals surface area contributed by atoms with Crippen molar-refractivity contribution in [3.8, 4) is 0 Å². The van der Waals surface area contributed by atoms with Crippen LogP contribution in [0.2, 0.25) is 0 Å². The van der Waals surface area contributed by atoms with Gasteiger partial charge in [-0.05, 0) is 68.1 Å². The lowest BCUT2D eigenvalue weighted by Gasteiger charge is -2.47. The van der Waals surface area contributed by atoms with Crippen LogP contribution in [0.25, 0.3) is 0 Å².